The first kappa shape index (κ1) is 15.1. The Labute approximate surface area is 116 Å². The van der Waals surface area contributed by atoms with Crippen molar-refractivity contribution in [1.82, 2.24) is 5.32 Å². The summed E-state index contributed by atoms with van der Waals surface area (Å²) in [5, 5.41) is 3.36. The van der Waals surface area contributed by atoms with Crippen molar-refractivity contribution < 1.29 is 9.53 Å². The zero-order valence-corrected chi connectivity index (χ0v) is 11.8. The minimum atomic E-state index is -0.233. The van der Waals surface area contributed by atoms with Gasteiger partial charge in [-0.15, -0.1) is 0 Å². The van der Waals surface area contributed by atoms with E-state index in [4.69, 9.17) is 33.7 Å². The number of hydrogen-bond acceptors (Lipinski definition) is 3. The third-order valence-corrected chi connectivity index (χ3v) is 3.27. The maximum Gasteiger partial charge on any atom is 0.251 e. The number of halogens is 2. The predicted octanol–water partition coefficient (Wildman–Crippen LogP) is 2.73. The largest absolute Gasteiger partial charge is 0.397 e. The van der Waals surface area contributed by atoms with E-state index in [-0.39, 0.29) is 22.0 Å². The Morgan fingerprint density at radius 3 is 2.72 bits per heavy atom. The molecule has 0 saturated heterocycles. The van der Waals surface area contributed by atoms with Crippen LogP contribution < -0.4 is 11.1 Å². The van der Waals surface area contributed by atoms with Crippen LogP contribution in [0.4, 0.5) is 5.69 Å². The predicted molar refractivity (Wildman–Crippen MR) is 74.3 cm³/mol. The van der Waals surface area contributed by atoms with Gasteiger partial charge in [0.2, 0.25) is 0 Å². The normalized spacial score (nSPS) is 12.2. The lowest BCUT2D eigenvalue weighted by molar-refractivity contribution is 0.0929. The highest BCUT2D eigenvalue weighted by Crippen LogP contribution is 2.29. The lowest BCUT2D eigenvalue weighted by atomic mass is 10.1. The molecule has 0 saturated carbocycles. The maximum absolute atomic E-state index is 11.9. The summed E-state index contributed by atoms with van der Waals surface area (Å²) in [6.07, 6.45) is 0.735. The summed E-state index contributed by atoms with van der Waals surface area (Å²) in [6, 6.07) is 3.01. The number of nitrogens with two attached hydrogens (primary N) is 1. The van der Waals surface area contributed by atoms with Gasteiger partial charge in [0.25, 0.3) is 5.91 Å². The number of ether oxygens (including phenoxy) is 1. The first-order valence-electron chi connectivity index (χ1n) is 5.50. The number of nitrogen functional groups attached to an aromatic ring is 1. The van der Waals surface area contributed by atoms with Gasteiger partial charge in [-0.05, 0) is 25.5 Å². The van der Waals surface area contributed by atoms with Gasteiger partial charge in [-0.25, -0.2) is 0 Å². The highest BCUT2D eigenvalue weighted by molar-refractivity contribution is 6.43. The third kappa shape index (κ3) is 4.05. The smallest absolute Gasteiger partial charge is 0.251 e. The van der Waals surface area contributed by atoms with Crippen molar-refractivity contribution in [2.45, 2.75) is 19.4 Å². The van der Waals surface area contributed by atoms with Gasteiger partial charge in [-0.2, -0.15) is 0 Å². The Kier molecular flexibility index (Phi) is 5.72. The molecule has 100 valence electrons. The minimum Gasteiger partial charge on any atom is -0.397 e. The van der Waals surface area contributed by atoms with Crippen molar-refractivity contribution in [3.8, 4) is 0 Å². The van der Waals surface area contributed by atoms with E-state index in [1.807, 2.05) is 6.92 Å². The highest BCUT2D eigenvalue weighted by Gasteiger charge is 2.13. The van der Waals surface area contributed by atoms with E-state index in [9.17, 15) is 4.79 Å². The molecule has 1 aromatic rings. The molecule has 1 unspecified atom stereocenters. The van der Waals surface area contributed by atoms with Crippen LogP contribution in [-0.2, 0) is 4.74 Å². The zero-order chi connectivity index (χ0) is 13.7. The van der Waals surface area contributed by atoms with Gasteiger partial charge in [0.05, 0.1) is 15.7 Å². The number of anilines is 1. The molecule has 0 aliphatic heterocycles. The third-order valence-electron chi connectivity index (χ3n) is 2.45. The number of nitrogens with one attached hydrogen (secondary N) is 1. The summed E-state index contributed by atoms with van der Waals surface area (Å²) in [5.41, 5.74) is 6.34. The topological polar surface area (TPSA) is 64.3 Å². The van der Waals surface area contributed by atoms with Crippen LogP contribution in [0.3, 0.4) is 0 Å². The second kappa shape index (κ2) is 6.83. The van der Waals surface area contributed by atoms with E-state index >= 15 is 0 Å². The van der Waals surface area contributed by atoms with Crippen molar-refractivity contribution in [1.29, 1.82) is 0 Å². The zero-order valence-electron chi connectivity index (χ0n) is 10.3. The first-order chi connectivity index (χ1) is 8.45. The van der Waals surface area contributed by atoms with Crippen LogP contribution in [0.15, 0.2) is 12.1 Å². The maximum atomic E-state index is 11.9. The molecule has 1 aromatic carbocycles. The lowest BCUT2D eigenvalue weighted by Gasteiger charge is -2.14. The minimum absolute atomic E-state index is 0.00753. The molecule has 18 heavy (non-hydrogen) atoms. The van der Waals surface area contributed by atoms with E-state index in [2.05, 4.69) is 5.32 Å². The van der Waals surface area contributed by atoms with Crippen molar-refractivity contribution in [2.24, 2.45) is 0 Å². The summed E-state index contributed by atoms with van der Waals surface area (Å²) in [6.45, 7) is 2.49. The fourth-order valence-electron chi connectivity index (χ4n) is 1.42. The van der Waals surface area contributed by atoms with Crippen LogP contribution in [0.2, 0.25) is 10.0 Å². The standard InChI is InChI=1S/C12H16Cl2N2O2/c1-7(3-4-18-2)16-12(17)8-5-9(13)11(14)10(15)6-8/h5-7H,3-4,15H2,1-2H3,(H,16,17). The number of benzene rings is 1. The second-order valence-electron chi connectivity index (χ2n) is 4.02. The Hall–Kier alpha value is -0.970. The van der Waals surface area contributed by atoms with Crippen LogP contribution >= 0.6 is 23.2 Å². The molecule has 1 atom stereocenters. The molecule has 1 amide bonds. The number of amides is 1. The number of methoxy groups -OCH3 is 1. The fraction of sp³-hybridized carbons (Fsp3) is 0.417. The highest BCUT2D eigenvalue weighted by atomic mass is 35.5. The molecule has 0 aliphatic carbocycles. The van der Waals surface area contributed by atoms with Gasteiger partial charge in [-0.3, -0.25) is 4.79 Å². The van der Waals surface area contributed by atoms with Gasteiger partial charge < -0.3 is 15.8 Å². The fourth-order valence-corrected chi connectivity index (χ4v) is 1.75. The van der Waals surface area contributed by atoms with Crippen LogP contribution in [-0.4, -0.2) is 25.7 Å². The quantitative estimate of drug-likeness (QED) is 0.820. The monoisotopic (exact) mass is 290 g/mol. The summed E-state index contributed by atoms with van der Waals surface area (Å²) in [7, 11) is 1.62. The molecule has 4 nitrogen and oxygen atoms in total. The lowest BCUT2D eigenvalue weighted by Crippen LogP contribution is -2.33. The van der Waals surface area contributed by atoms with Gasteiger partial charge in [0, 0.05) is 25.3 Å². The summed E-state index contributed by atoms with van der Waals surface area (Å²) in [5.74, 6) is -0.233. The molecule has 6 heteroatoms. The van der Waals surface area contributed by atoms with Gasteiger partial charge in [-0.1, -0.05) is 23.2 Å². The molecular weight excluding hydrogens is 275 g/mol. The van der Waals surface area contributed by atoms with Gasteiger partial charge in [0.15, 0.2) is 0 Å². The molecule has 0 bridgehead atoms. The molecule has 0 fully saturated rings. The van der Waals surface area contributed by atoms with Crippen molar-refractivity contribution in [3.05, 3.63) is 27.7 Å². The average Bonchev–Trinajstić information content (AvgIpc) is 2.32. The average molecular weight is 291 g/mol. The second-order valence-corrected chi connectivity index (χ2v) is 4.80. The van der Waals surface area contributed by atoms with Gasteiger partial charge in [0.1, 0.15) is 0 Å². The van der Waals surface area contributed by atoms with E-state index in [0.717, 1.165) is 6.42 Å². The molecule has 0 spiro atoms. The number of rotatable bonds is 5. The van der Waals surface area contributed by atoms with E-state index in [0.29, 0.717) is 17.9 Å². The number of carbonyl (C=O) groups excluding carboxylic acids is 1. The molecule has 0 aromatic heterocycles. The van der Waals surface area contributed by atoms with E-state index in [1.165, 1.54) is 12.1 Å². The molecule has 3 N–H and O–H groups in total. The molecule has 1 rings (SSSR count). The summed E-state index contributed by atoms with van der Waals surface area (Å²) in [4.78, 5) is 11.9. The van der Waals surface area contributed by atoms with Crippen molar-refractivity contribution >= 4 is 34.8 Å². The Morgan fingerprint density at radius 2 is 2.17 bits per heavy atom. The molecule has 0 heterocycles. The van der Waals surface area contributed by atoms with Gasteiger partial charge >= 0.3 is 0 Å². The Morgan fingerprint density at radius 1 is 1.50 bits per heavy atom. The number of hydrogen-bond donors (Lipinski definition) is 2. The Bertz CT molecular complexity index is 415. The number of carbonyl (C=O) groups is 1. The van der Waals surface area contributed by atoms with Crippen molar-refractivity contribution in [2.75, 3.05) is 19.5 Å². The molecule has 0 radical (unpaired) electrons. The SMILES string of the molecule is COCCC(C)NC(=O)c1cc(N)c(Cl)c(Cl)c1. The van der Waals surface area contributed by atoms with E-state index in [1.54, 1.807) is 7.11 Å². The summed E-state index contributed by atoms with van der Waals surface area (Å²) < 4.78 is 4.94. The van der Waals surface area contributed by atoms with Crippen LogP contribution in [0, 0.1) is 0 Å². The first-order valence-corrected chi connectivity index (χ1v) is 6.25. The Balaban J connectivity index is 2.73. The van der Waals surface area contributed by atoms with Crippen molar-refractivity contribution in [3.63, 3.8) is 0 Å². The molecule has 0 aliphatic rings. The summed E-state index contributed by atoms with van der Waals surface area (Å²) >= 11 is 11.7. The van der Waals surface area contributed by atoms with Crippen LogP contribution in [0.25, 0.3) is 0 Å². The molecular formula is C12H16Cl2N2O2. The van der Waals surface area contributed by atoms with Crippen LogP contribution in [0.1, 0.15) is 23.7 Å². The van der Waals surface area contributed by atoms with E-state index < -0.39 is 0 Å². The van der Waals surface area contributed by atoms with Crippen LogP contribution in [0.5, 0.6) is 0 Å².